The molecule has 0 spiro atoms. The highest BCUT2D eigenvalue weighted by Gasteiger charge is 2.71. The molecule has 0 radical (unpaired) electrons. The number of benzene rings is 2. The number of allylic oxidation sites excluding steroid dienone is 1. The molecular weight excluding hydrogens is 480 g/mol. The van der Waals surface area contributed by atoms with E-state index in [9.17, 15) is 31.9 Å². The number of methoxy groups -OCH3 is 1. The molecule has 1 heterocycles. The first-order valence-electron chi connectivity index (χ1n) is 11.2. The molecule has 4 rings (SSSR count). The third-order valence-corrected chi connectivity index (χ3v) is 6.45. The number of Topliss-reactive ketones (excluding diaryl/α,β-unsaturated/α-hetero) is 1. The Morgan fingerprint density at radius 1 is 1.03 bits per heavy atom. The number of nitrogens with one attached hydrogen (secondary N) is 1. The number of carbonyl (C=O) groups is 3. The van der Waals surface area contributed by atoms with Gasteiger partial charge in [0.25, 0.3) is 11.8 Å². The molecule has 0 saturated carbocycles. The van der Waals surface area contributed by atoms with Gasteiger partial charge < -0.3 is 15.0 Å². The molecule has 190 valence electrons. The first kappa shape index (κ1) is 25.4. The quantitative estimate of drug-likeness (QED) is 0.607. The zero-order valence-electron chi connectivity index (χ0n) is 19.8. The van der Waals surface area contributed by atoms with Gasteiger partial charge in [0, 0.05) is 17.7 Å². The van der Waals surface area contributed by atoms with Gasteiger partial charge in [-0.2, -0.15) is 13.2 Å². The lowest BCUT2D eigenvalue weighted by Crippen LogP contribution is -2.66. The van der Waals surface area contributed by atoms with Crippen LogP contribution in [0.4, 0.5) is 17.6 Å². The Morgan fingerprint density at radius 3 is 2.19 bits per heavy atom. The van der Waals surface area contributed by atoms with Gasteiger partial charge in [0.1, 0.15) is 11.6 Å². The molecule has 0 saturated heterocycles. The number of hydrogen-bond donors (Lipinski definition) is 1. The smallest absolute Gasteiger partial charge is 0.425 e. The second-order valence-corrected chi connectivity index (χ2v) is 9.71. The van der Waals surface area contributed by atoms with Crippen LogP contribution in [0.5, 0.6) is 5.75 Å². The maximum atomic E-state index is 14.8. The fourth-order valence-corrected chi connectivity index (χ4v) is 4.75. The van der Waals surface area contributed by atoms with Gasteiger partial charge in [0.15, 0.2) is 5.78 Å². The van der Waals surface area contributed by atoms with E-state index in [0.29, 0.717) is 11.3 Å². The zero-order chi connectivity index (χ0) is 26.5. The van der Waals surface area contributed by atoms with E-state index in [-0.39, 0.29) is 30.6 Å². The van der Waals surface area contributed by atoms with Crippen LogP contribution in [0.3, 0.4) is 0 Å². The van der Waals surface area contributed by atoms with Crippen LogP contribution in [0.1, 0.15) is 42.6 Å². The average Bonchev–Trinajstić information content (AvgIpc) is 3.03. The van der Waals surface area contributed by atoms with Crippen LogP contribution >= 0.6 is 0 Å². The van der Waals surface area contributed by atoms with Crippen molar-refractivity contribution in [2.75, 3.05) is 7.11 Å². The number of hydrogen-bond acceptors (Lipinski definition) is 4. The largest absolute Gasteiger partial charge is 0.497 e. The van der Waals surface area contributed by atoms with E-state index < -0.39 is 46.1 Å². The van der Waals surface area contributed by atoms with Crippen LogP contribution in [0.2, 0.25) is 0 Å². The lowest BCUT2D eigenvalue weighted by Gasteiger charge is -2.35. The van der Waals surface area contributed by atoms with Gasteiger partial charge in [-0.25, -0.2) is 4.39 Å². The van der Waals surface area contributed by atoms with E-state index in [4.69, 9.17) is 4.74 Å². The molecule has 6 nitrogen and oxygen atoms in total. The monoisotopic (exact) mass is 504 g/mol. The second-order valence-electron chi connectivity index (χ2n) is 9.71. The van der Waals surface area contributed by atoms with Crippen molar-refractivity contribution >= 4 is 17.6 Å². The first-order valence-corrected chi connectivity index (χ1v) is 11.2. The molecule has 0 bridgehead atoms. The molecule has 0 aromatic heterocycles. The zero-order valence-corrected chi connectivity index (χ0v) is 19.8. The van der Waals surface area contributed by atoms with E-state index in [0.717, 1.165) is 17.0 Å². The number of nitrogens with zero attached hydrogens (tertiary/aromatic N) is 1. The van der Waals surface area contributed by atoms with Crippen molar-refractivity contribution < 1.29 is 36.7 Å². The molecule has 0 unspecified atom stereocenters. The van der Waals surface area contributed by atoms with Gasteiger partial charge in [-0.15, -0.1) is 0 Å². The summed E-state index contributed by atoms with van der Waals surface area (Å²) in [5.41, 5.74) is -4.88. The van der Waals surface area contributed by atoms with Gasteiger partial charge in [0.2, 0.25) is 5.54 Å². The maximum Gasteiger partial charge on any atom is 0.425 e. The molecule has 2 aromatic rings. The van der Waals surface area contributed by atoms with E-state index in [1.165, 1.54) is 43.5 Å². The Labute approximate surface area is 204 Å². The lowest BCUT2D eigenvalue weighted by molar-refractivity contribution is -0.190. The minimum Gasteiger partial charge on any atom is -0.497 e. The van der Waals surface area contributed by atoms with Gasteiger partial charge in [-0.3, -0.25) is 14.4 Å². The van der Waals surface area contributed by atoms with Crippen LogP contribution in [0, 0.1) is 11.2 Å². The highest BCUT2D eigenvalue weighted by atomic mass is 19.4. The van der Waals surface area contributed by atoms with Gasteiger partial charge in [-0.05, 0) is 53.8 Å². The summed E-state index contributed by atoms with van der Waals surface area (Å²) in [6, 6.07) is 10.3. The summed E-state index contributed by atoms with van der Waals surface area (Å²) >= 11 is 0. The number of alkyl halides is 3. The molecule has 2 aromatic carbocycles. The summed E-state index contributed by atoms with van der Waals surface area (Å²) in [6.07, 6.45) is -5.53. The molecular formula is C26H24F4N2O4. The van der Waals surface area contributed by atoms with Crippen molar-refractivity contribution in [2.45, 2.75) is 44.9 Å². The van der Waals surface area contributed by atoms with E-state index in [1.807, 2.05) is 5.32 Å². The highest BCUT2D eigenvalue weighted by Crippen LogP contribution is 2.52. The van der Waals surface area contributed by atoms with E-state index in [1.54, 1.807) is 13.8 Å². The summed E-state index contributed by atoms with van der Waals surface area (Å²) < 4.78 is 62.9. The Kier molecular flexibility index (Phi) is 6.18. The first-order chi connectivity index (χ1) is 16.8. The number of ether oxygens (including phenoxy) is 1. The molecule has 36 heavy (non-hydrogen) atoms. The van der Waals surface area contributed by atoms with Gasteiger partial charge in [-0.1, -0.05) is 26.0 Å². The molecule has 0 fully saturated rings. The van der Waals surface area contributed by atoms with Crippen LogP contribution in [0.15, 0.2) is 59.8 Å². The third kappa shape index (κ3) is 4.25. The second kappa shape index (κ2) is 8.76. The van der Waals surface area contributed by atoms with E-state index in [2.05, 4.69) is 0 Å². The Balaban J connectivity index is 1.84. The summed E-state index contributed by atoms with van der Waals surface area (Å²) in [5, 5.41) is 1.88. The molecule has 1 aliphatic heterocycles. The summed E-state index contributed by atoms with van der Waals surface area (Å²) in [4.78, 5) is 40.7. The van der Waals surface area contributed by atoms with Crippen LogP contribution in [-0.2, 0) is 16.1 Å². The van der Waals surface area contributed by atoms with Crippen LogP contribution in [0.25, 0.3) is 0 Å². The highest BCUT2D eigenvalue weighted by molar-refractivity contribution is 6.14. The van der Waals surface area contributed by atoms with Crippen LogP contribution < -0.4 is 10.1 Å². The Bertz CT molecular complexity index is 1250. The average molecular weight is 504 g/mol. The molecule has 1 N–H and O–H groups in total. The predicted molar refractivity (Wildman–Crippen MR) is 121 cm³/mol. The van der Waals surface area contributed by atoms with Crippen molar-refractivity contribution in [3.05, 3.63) is 76.7 Å². The standard InChI is InChI=1S/C26H24F4N2O4/c1-24(2)12-19-21(20(33)13-24)25(26(28,29)30,31-22(34)16-6-10-18(36-3)11-7-16)23(35)32(19)14-15-4-8-17(27)9-5-15/h4-11H,12-14H2,1-3H3,(H,31,34)/t25-/m0/s1. The lowest BCUT2D eigenvalue weighted by atomic mass is 9.72. The number of carbonyl (C=O) groups excluding carboxylic acids is 3. The maximum absolute atomic E-state index is 14.8. The summed E-state index contributed by atoms with van der Waals surface area (Å²) in [6.45, 7) is 3.12. The third-order valence-electron chi connectivity index (χ3n) is 6.45. The van der Waals surface area contributed by atoms with Crippen molar-refractivity contribution in [3.8, 4) is 5.75 Å². The number of ketones is 1. The van der Waals surface area contributed by atoms with E-state index >= 15 is 0 Å². The topological polar surface area (TPSA) is 75.7 Å². The predicted octanol–water partition coefficient (Wildman–Crippen LogP) is 4.55. The van der Waals surface area contributed by atoms with Gasteiger partial charge >= 0.3 is 6.18 Å². The van der Waals surface area contributed by atoms with Crippen LogP contribution in [-0.4, -0.2) is 41.3 Å². The molecule has 1 aliphatic carbocycles. The van der Waals surface area contributed by atoms with Crippen molar-refractivity contribution in [3.63, 3.8) is 0 Å². The van der Waals surface area contributed by atoms with Crippen molar-refractivity contribution in [1.82, 2.24) is 10.2 Å². The number of rotatable bonds is 5. The Morgan fingerprint density at radius 2 is 1.64 bits per heavy atom. The molecule has 2 amide bonds. The minimum absolute atomic E-state index is 0.0112. The fraction of sp³-hybridized carbons (Fsp3) is 0.346. The van der Waals surface area contributed by atoms with Gasteiger partial charge in [0.05, 0.1) is 19.2 Å². The normalized spacial score (nSPS) is 21.5. The minimum atomic E-state index is -5.32. The Hall–Kier alpha value is -3.69. The fourth-order valence-electron chi connectivity index (χ4n) is 4.75. The van der Waals surface area contributed by atoms with Crippen molar-refractivity contribution in [1.29, 1.82) is 0 Å². The molecule has 2 aliphatic rings. The van der Waals surface area contributed by atoms with Crippen molar-refractivity contribution in [2.24, 2.45) is 5.41 Å². The summed E-state index contributed by atoms with van der Waals surface area (Å²) in [5.74, 6) is -3.66. The number of amides is 2. The SMILES string of the molecule is COc1ccc(C(=O)N[C@]2(C(F)(F)F)C(=O)N(Cc3ccc(F)cc3)C3=C2C(=O)CC(C)(C)C3)cc1. The summed E-state index contributed by atoms with van der Waals surface area (Å²) in [7, 11) is 1.39. The molecule has 1 atom stereocenters. The molecule has 10 heteroatoms. The number of halogens is 4.